The van der Waals surface area contributed by atoms with Gasteiger partial charge in [0.1, 0.15) is 0 Å². The van der Waals surface area contributed by atoms with Crippen molar-refractivity contribution < 1.29 is 9.53 Å². The lowest BCUT2D eigenvalue weighted by Crippen LogP contribution is -2.13. The molecule has 19 heavy (non-hydrogen) atoms. The molecule has 0 fully saturated rings. The molecule has 1 amide bonds. The van der Waals surface area contributed by atoms with Gasteiger partial charge >= 0.3 is 6.01 Å². The van der Waals surface area contributed by atoms with Gasteiger partial charge < -0.3 is 4.74 Å². The van der Waals surface area contributed by atoms with E-state index in [4.69, 9.17) is 4.74 Å². The highest BCUT2D eigenvalue weighted by Crippen LogP contribution is 2.11. The third-order valence-electron chi connectivity index (χ3n) is 2.45. The topological polar surface area (TPSA) is 79.9 Å². The second kappa shape index (κ2) is 5.51. The Kier molecular flexibility index (Phi) is 3.79. The number of anilines is 1. The number of aryl methyl sites for hydroxylation is 2. The van der Waals surface area contributed by atoms with E-state index in [0.29, 0.717) is 12.2 Å². The zero-order valence-electron chi connectivity index (χ0n) is 11.2. The van der Waals surface area contributed by atoms with Gasteiger partial charge in [-0.25, -0.2) is 5.10 Å². The number of aromatic amines is 1. The number of aromatic nitrogens is 3. The highest BCUT2D eigenvalue weighted by molar-refractivity contribution is 6.03. The molecule has 1 aromatic carbocycles. The van der Waals surface area contributed by atoms with Crippen molar-refractivity contribution in [1.82, 2.24) is 15.2 Å². The summed E-state index contributed by atoms with van der Waals surface area (Å²) in [4.78, 5) is 16.0. The molecule has 2 rings (SSSR count). The van der Waals surface area contributed by atoms with Gasteiger partial charge in [-0.3, -0.25) is 10.1 Å². The fourth-order valence-corrected chi connectivity index (χ4v) is 1.78. The van der Waals surface area contributed by atoms with Crippen LogP contribution >= 0.6 is 0 Å². The molecule has 0 bridgehead atoms. The summed E-state index contributed by atoms with van der Waals surface area (Å²) in [5.74, 6) is 0.0404. The number of H-pyrrole nitrogens is 1. The van der Waals surface area contributed by atoms with Crippen molar-refractivity contribution in [3.05, 3.63) is 34.9 Å². The van der Waals surface area contributed by atoms with E-state index in [0.717, 1.165) is 11.1 Å². The first-order valence-corrected chi connectivity index (χ1v) is 6.03. The Morgan fingerprint density at radius 2 is 2.00 bits per heavy atom. The van der Waals surface area contributed by atoms with Crippen LogP contribution in [0.3, 0.4) is 0 Å². The minimum absolute atomic E-state index is 0.221. The van der Waals surface area contributed by atoms with Crippen LogP contribution < -0.4 is 10.1 Å². The van der Waals surface area contributed by atoms with Gasteiger partial charge in [0.2, 0.25) is 5.95 Å². The molecule has 0 atom stereocenters. The molecule has 0 aliphatic heterocycles. The summed E-state index contributed by atoms with van der Waals surface area (Å²) in [6.07, 6.45) is 0. The summed E-state index contributed by atoms with van der Waals surface area (Å²) >= 11 is 0. The minimum Gasteiger partial charge on any atom is -0.463 e. The van der Waals surface area contributed by atoms with Gasteiger partial charge in [-0.1, -0.05) is 17.2 Å². The number of ether oxygens (including phenoxy) is 1. The van der Waals surface area contributed by atoms with Crippen LogP contribution in [-0.4, -0.2) is 27.7 Å². The van der Waals surface area contributed by atoms with Crippen LogP contribution in [0.15, 0.2) is 18.2 Å². The molecule has 0 aliphatic rings. The largest absolute Gasteiger partial charge is 0.463 e. The number of hydrogen-bond acceptors (Lipinski definition) is 4. The Labute approximate surface area is 111 Å². The molecule has 1 heterocycles. The van der Waals surface area contributed by atoms with E-state index in [1.165, 1.54) is 0 Å². The maximum absolute atomic E-state index is 12.0. The van der Waals surface area contributed by atoms with Crippen molar-refractivity contribution >= 4 is 11.9 Å². The third kappa shape index (κ3) is 3.31. The molecule has 0 radical (unpaired) electrons. The van der Waals surface area contributed by atoms with E-state index >= 15 is 0 Å². The van der Waals surface area contributed by atoms with Gasteiger partial charge in [0.05, 0.1) is 6.61 Å². The summed E-state index contributed by atoms with van der Waals surface area (Å²) in [5, 5.41) is 9.06. The first-order chi connectivity index (χ1) is 9.08. The Bertz CT molecular complexity index is 572. The van der Waals surface area contributed by atoms with Crippen LogP contribution in [0.4, 0.5) is 5.95 Å². The summed E-state index contributed by atoms with van der Waals surface area (Å²) in [6, 6.07) is 5.88. The number of nitrogens with zero attached hydrogens (tertiary/aromatic N) is 2. The average molecular weight is 260 g/mol. The smallest absolute Gasteiger partial charge is 0.337 e. The molecule has 100 valence electrons. The second-order valence-corrected chi connectivity index (χ2v) is 4.23. The van der Waals surface area contributed by atoms with Crippen LogP contribution in [0.5, 0.6) is 6.01 Å². The Balaban J connectivity index is 2.11. The first kappa shape index (κ1) is 13.1. The molecule has 0 saturated heterocycles. The van der Waals surface area contributed by atoms with Crippen LogP contribution in [0, 0.1) is 13.8 Å². The van der Waals surface area contributed by atoms with Crippen molar-refractivity contribution in [1.29, 1.82) is 0 Å². The molecular formula is C13H16N4O2. The van der Waals surface area contributed by atoms with Gasteiger partial charge in [-0.05, 0) is 32.9 Å². The highest BCUT2D eigenvalue weighted by Gasteiger charge is 2.10. The quantitative estimate of drug-likeness (QED) is 0.882. The molecule has 0 saturated carbocycles. The van der Waals surface area contributed by atoms with Crippen molar-refractivity contribution in [2.45, 2.75) is 20.8 Å². The van der Waals surface area contributed by atoms with E-state index < -0.39 is 0 Å². The van der Waals surface area contributed by atoms with Crippen LogP contribution in [0.2, 0.25) is 0 Å². The molecule has 0 unspecified atom stereocenters. The van der Waals surface area contributed by atoms with Crippen LogP contribution in [0.25, 0.3) is 0 Å². The summed E-state index contributed by atoms with van der Waals surface area (Å²) in [7, 11) is 0. The van der Waals surface area contributed by atoms with E-state index in [1.807, 2.05) is 39.0 Å². The molecular weight excluding hydrogens is 244 g/mol. The van der Waals surface area contributed by atoms with E-state index in [2.05, 4.69) is 20.5 Å². The number of carbonyl (C=O) groups is 1. The monoisotopic (exact) mass is 260 g/mol. The minimum atomic E-state index is -0.231. The van der Waals surface area contributed by atoms with E-state index in [1.54, 1.807) is 0 Å². The van der Waals surface area contributed by atoms with E-state index in [-0.39, 0.29) is 17.9 Å². The molecule has 0 aliphatic carbocycles. The van der Waals surface area contributed by atoms with Crippen molar-refractivity contribution in [2.24, 2.45) is 0 Å². The predicted molar refractivity (Wildman–Crippen MR) is 71.4 cm³/mol. The maximum Gasteiger partial charge on any atom is 0.337 e. The summed E-state index contributed by atoms with van der Waals surface area (Å²) in [5.41, 5.74) is 2.67. The molecule has 6 heteroatoms. The number of carbonyl (C=O) groups excluding carboxylic acids is 1. The summed E-state index contributed by atoms with van der Waals surface area (Å²) < 4.78 is 5.11. The van der Waals surface area contributed by atoms with Crippen molar-refractivity contribution in [3.63, 3.8) is 0 Å². The highest BCUT2D eigenvalue weighted by atomic mass is 16.5. The molecule has 0 spiro atoms. The molecule has 2 aromatic rings. The van der Waals surface area contributed by atoms with E-state index in [9.17, 15) is 4.79 Å². The number of hydrogen-bond donors (Lipinski definition) is 2. The lowest BCUT2D eigenvalue weighted by Gasteiger charge is -2.04. The van der Waals surface area contributed by atoms with Gasteiger partial charge in [0.15, 0.2) is 0 Å². The van der Waals surface area contributed by atoms with Crippen molar-refractivity contribution in [3.8, 4) is 6.01 Å². The molecule has 6 nitrogen and oxygen atoms in total. The zero-order chi connectivity index (χ0) is 13.8. The summed E-state index contributed by atoms with van der Waals surface area (Å²) in [6.45, 7) is 6.21. The Morgan fingerprint density at radius 1 is 1.32 bits per heavy atom. The lowest BCUT2D eigenvalue weighted by molar-refractivity contribution is 0.102. The zero-order valence-corrected chi connectivity index (χ0v) is 11.2. The fraction of sp³-hybridized carbons (Fsp3) is 0.308. The SMILES string of the molecule is CCOc1n[nH]c(NC(=O)c2cc(C)cc(C)c2)n1. The Hall–Kier alpha value is -2.37. The maximum atomic E-state index is 12.0. The molecule has 2 N–H and O–H groups in total. The standard InChI is InChI=1S/C13H16N4O2/c1-4-19-13-15-12(16-17-13)14-11(18)10-6-8(2)5-9(3)7-10/h5-7H,4H2,1-3H3,(H2,14,15,16,17,18). The van der Waals surface area contributed by atoms with Crippen LogP contribution in [0.1, 0.15) is 28.4 Å². The van der Waals surface area contributed by atoms with Gasteiger partial charge in [-0.2, -0.15) is 4.98 Å². The van der Waals surface area contributed by atoms with Gasteiger partial charge in [0, 0.05) is 5.56 Å². The average Bonchev–Trinajstić information content (AvgIpc) is 2.76. The van der Waals surface area contributed by atoms with Crippen molar-refractivity contribution in [2.75, 3.05) is 11.9 Å². The number of rotatable bonds is 4. The number of benzene rings is 1. The normalized spacial score (nSPS) is 10.3. The lowest BCUT2D eigenvalue weighted by atomic mass is 10.1. The Morgan fingerprint density at radius 3 is 2.63 bits per heavy atom. The molecule has 1 aromatic heterocycles. The van der Waals surface area contributed by atoms with Gasteiger partial charge in [-0.15, -0.1) is 5.10 Å². The third-order valence-corrected chi connectivity index (χ3v) is 2.45. The number of amides is 1. The number of nitrogens with one attached hydrogen (secondary N) is 2. The predicted octanol–water partition coefficient (Wildman–Crippen LogP) is 2.07. The fourth-order valence-electron chi connectivity index (χ4n) is 1.78. The van der Waals surface area contributed by atoms with Crippen LogP contribution in [-0.2, 0) is 0 Å². The van der Waals surface area contributed by atoms with Gasteiger partial charge in [0.25, 0.3) is 5.91 Å². The first-order valence-electron chi connectivity index (χ1n) is 6.03. The second-order valence-electron chi connectivity index (χ2n) is 4.23.